The van der Waals surface area contributed by atoms with Gasteiger partial charge in [0, 0.05) is 37.2 Å². The van der Waals surface area contributed by atoms with Crippen LogP contribution in [0.4, 0.5) is 17.6 Å². The highest BCUT2D eigenvalue weighted by atomic mass is 32.1. The molecule has 0 saturated carbocycles. The first-order valence-corrected chi connectivity index (χ1v) is 6.66. The van der Waals surface area contributed by atoms with Crippen molar-refractivity contribution in [1.82, 2.24) is 15.0 Å². The molecule has 0 aliphatic rings. The Kier molecular flexibility index (Phi) is 4.30. The molecular weight excluding hydrogens is 248 g/mol. The fraction of sp³-hybridized carbons (Fsp3) is 0.364. The summed E-state index contributed by atoms with van der Waals surface area (Å²) in [5.41, 5.74) is 5.64. The predicted molar refractivity (Wildman–Crippen MR) is 74.9 cm³/mol. The van der Waals surface area contributed by atoms with Gasteiger partial charge in [0.15, 0.2) is 0 Å². The molecule has 0 atom stereocenters. The fourth-order valence-corrected chi connectivity index (χ4v) is 2.12. The maximum absolute atomic E-state index is 5.64. The van der Waals surface area contributed by atoms with E-state index >= 15 is 0 Å². The summed E-state index contributed by atoms with van der Waals surface area (Å²) >= 11 is 1.65. The lowest BCUT2D eigenvalue weighted by Crippen LogP contribution is -2.10. The third-order valence-electron chi connectivity index (χ3n) is 2.23. The molecule has 0 aromatic carbocycles. The van der Waals surface area contributed by atoms with E-state index in [1.165, 1.54) is 0 Å². The second-order valence-electron chi connectivity index (χ2n) is 3.63. The molecule has 96 valence electrons. The fourth-order valence-electron chi connectivity index (χ4n) is 1.50. The molecule has 0 fully saturated rings. The minimum absolute atomic E-state index is 0.269. The van der Waals surface area contributed by atoms with Gasteiger partial charge in [-0.05, 0) is 6.92 Å². The Bertz CT molecular complexity index is 484. The lowest BCUT2D eigenvalue weighted by atomic mass is 10.4. The summed E-state index contributed by atoms with van der Waals surface area (Å²) in [6, 6.07) is 1.85. The largest absolute Gasteiger partial charge is 0.370 e. The molecule has 0 amide bonds. The number of hydrogen-bond acceptors (Lipinski definition) is 7. The van der Waals surface area contributed by atoms with Crippen LogP contribution in [0.3, 0.4) is 0 Å². The first-order valence-electron chi connectivity index (χ1n) is 5.78. The summed E-state index contributed by atoms with van der Waals surface area (Å²) in [5.74, 6) is 1.74. The highest BCUT2D eigenvalue weighted by Crippen LogP contribution is 2.12. The van der Waals surface area contributed by atoms with Crippen molar-refractivity contribution in [2.24, 2.45) is 0 Å². The molecule has 0 bridgehead atoms. The molecule has 0 radical (unpaired) electrons. The summed E-state index contributed by atoms with van der Waals surface area (Å²) in [6.07, 6.45) is 2.68. The van der Waals surface area contributed by atoms with E-state index in [9.17, 15) is 0 Å². The number of nitrogens with one attached hydrogen (secondary N) is 2. The standard InChI is InChI=1S/C11H16N6S/c1-2-13-8-7-9(17-11(12)16-8)14-4-3-10-15-5-6-18-10/h5-7H,2-4H2,1H3,(H4,12,13,14,16,17). The van der Waals surface area contributed by atoms with Crippen molar-refractivity contribution < 1.29 is 0 Å². The van der Waals surface area contributed by atoms with Gasteiger partial charge in [0.05, 0.1) is 5.01 Å². The third-order valence-corrected chi connectivity index (χ3v) is 3.07. The topological polar surface area (TPSA) is 88.8 Å². The Balaban J connectivity index is 1.92. The third kappa shape index (κ3) is 3.56. The Labute approximate surface area is 110 Å². The Morgan fingerprint density at radius 3 is 2.72 bits per heavy atom. The van der Waals surface area contributed by atoms with Crippen LogP contribution in [0.1, 0.15) is 11.9 Å². The molecule has 4 N–H and O–H groups in total. The first kappa shape index (κ1) is 12.6. The van der Waals surface area contributed by atoms with E-state index in [2.05, 4.69) is 25.6 Å². The van der Waals surface area contributed by atoms with E-state index < -0.39 is 0 Å². The SMILES string of the molecule is CCNc1cc(NCCc2nccs2)nc(N)n1. The quantitative estimate of drug-likeness (QED) is 0.734. The van der Waals surface area contributed by atoms with Gasteiger partial charge in [-0.15, -0.1) is 11.3 Å². The van der Waals surface area contributed by atoms with Gasteiger partial charge in [0.25, 0.3) is 0 Å². The van der Waals surface area contributed by atoms with Crippen LogP contribution in [0, 0.1) is 0 Å². The van der Waals surface area contributed by atoms with Crippen molar-refractivity contribution in [3.05, 3.63) is 22.7 Å². The van der Waals surface area contributed by atoms with E-state index in [-0.39, 0.29) is 5.95 Å². The smallest absolute Gasteiger partial charge is 0.223 e. The molecule has 6 nitrogen and oxygen atoms in total. The molecule has 7 heteroatoms. The van der Waals surface area contributed by atoms with Crippen LogP contribution in [0.5, 0.6) is 0 Å². The average molecular weight is 264 g/mol. The Hall–Kier alpha value is -1.89. The van der Waals surface area contributed by atoms with Gasteiger partial charge in [-0.3, -0.25) is 0 Å². The van der Waals surface area contributed by atoms with Gasteiger partial charge in [0.1, 0.15) is 11.6 Å². The predicted octanol–water partition coefficient (Wildman–Crippen LogP) is 1.60. The normalized spacial score (nSPS) is 10.3. The summed E-state index contributed by atoms with van der Waals surface area (Å²) in [6.45, 7) is 3.58. The molecule has 0 aliphatic heterocycles. The van der Waals surface area contributed by atoms with Crippen molar-refractivity contribution in [3.8, 4) is 0 Å². The number of rotatable bonds is 6. The van der Waals surface area contributed by atoms with Crippen molar-refractivity contribution >= 4 is 28.9 Å². The van der Waals surface area contributed by atoms with Gasteiger partial charge in [-0.1, -0.05) is 0 Å². The van der Waals surface area contributed by atoms with Crippen molar-refractivity contribution in [1.29, 1.82) is 0 Å². The molecule has 0 aliphatic carbocycles. The van der Waals surface area contributed by atoms with E-state index in [4.69, 9.17) is 5.73 Å². The van der Waals surface area contributed by atoms with E-state index in [1.807, 2.05) is 24.6 Å². The van der Waals surface area contributed by atoms with Crippen molar-refractivity contribution in [2.75, 3.05) is 29.5 Å². The average Bonchev–Trinajstić information content (AvgIpc) is 2.82. The second kappa shape index (κ2) is 6.15. The summed E-state index contributed by atoms with van der Waals surface area (Å²) in [5, 5.41) is 9.41. The van der Waals surface area contributed by atoms with Gasteiger partial charge >= 0.3 is 0 Å². The molecule has 2 rings (SSSR count). The van der Waals surface area contributed by atoms with Crippen LogP contribution in [0.2, 0.25) is 0 Å². The summed E-state index contributed by atoms with van der Waals surface area (Å²) < 4.78 is 0. The number of aromatic nitrogens is 3. The molecule has 0 unspecified atom stereocenters. The first-order chi connectivity index (χ1) is 8.78. The number of hydrogen-bond donors (Lipinski definition) is 3. The van der Waals surface area contributed by atoms with Crippen LogP contribution in [0.25, 0.3) is 0 Å². The number of nitrogens with zero attached hydrogens (tertiary/aromatic N) is 3. The zero-order valence-electron chi connectivity index (χ0n) is 10.2. The molecule has 2 aromatic rings. The van der Waals surface area contributed by atoms with Gasteiger partial charge in [-0.25, -0.2) is 4.98 Å². The van der Waals surface area contributed by atoms with Crippen LogP contribution in [0.15, 0.2) is 17.6 Å². The van der Waals surface area contributed by atoms with E-state index in [0.29, 0.717) is 0 Å². The zero-order valence-corrected chi connectivity index (χ0v) is 11.0. The highest BCUT2D eigenvalue weighted by molar-refractivity contribution is 7.09. The molecule has 18 heavy (non-hydrogen) atoms. The number of nitrogen functional groups attached to an aromatic ring is 1. The maximum atomic E-state index is 5.64. The van der Waals surface area contributed by atoms with E-state index in [0.717, 1.165) is 36.2 Å². The van der Waals surface area contributed by atoms with E-state index in [1.54, 1.807) is 11.3 Å². The monoisotopic (exact) mass is 264 g/mol. The summed E-state index contributed by atoms with van der Waals surface area (Å²) in [7, 11) is 0. The molecule has 0 saturated heterocycles. The Morgan fingerprint density at radius 1 is 1.28 bits per heavy atom. The lowest BCUT2D eigenvalue weighted by molar-refractivity contribution is 0.983. The summed E-state index contributed by atoms with van der Waals surface area (Å²) in [4.78, 5) is 12.4. The molecule has 0 spiro atoms. The van der Waals surface area contributed by atoms with Crippen LogP contribution >= 0.6 is 11.3 Å². The number of thiazole rings is 1. The molecule has 2 aromatic heterocycles. The van der Waals surface area contributed by atoms with Crippen molar-refractivity contribution in [2.45, 2.75) is 13.3 Å². The Morgan fingerprint density at radius 2 is 2.06 bits per heavy atom. The van der Waals surface area contributed by atoms with Crippen molar-refractivity contribution in [3.63, 3.8) is 0 Å². The number of anilines is 3. The van der Waals surface area contributed by atoms with Crippen LogP contribution in [-0.4, -0.2) is 28.0 Å². The molecule has 2 heterocycles. The maximum Gasteiger partial charge on any atom is 0.223 e. The van der Waals surface area contributed by atoms with Crippen LogP contribution < -0.4 is 16.4 Å². The van der Waals surface area contributed by atoms with Gasteiger partial charge < -0.3 is 16.4 Å². The second-order valence-corrected chi connectivity index (χ2v) is 4.61. The minimum Gasteiger partial charge on any atom is -0.370 e. The van der Waals surface area contributed by atoms with Gasteiger partial charge in [-0.2, -0.15) is 9.97 Å². The zero-order chi connectivity index (χ0) is 12.8. The lowest BCUT2D eigenvalue weighted by Gasteiger charge is -2.08. The highest BCUT2D eigenvalue weighted by Gasteiger charge is 2.02. The van der Waals surface area contributed by atoms with Crippen LogP contribution in [-0.2, 0) is 6.42 Å². The van der Waals surface area contributed by atoms with Gasteiger partial charge in [0.2, 0.25) is 5.95 Å². The molecular formula is C11H16N6S. The minimum atomic E-state index is 0.269. The number of nitrogens with two attached hydrogens (primary N) is 1.